The van der Waals surface area contributed by atoms with Gasteiger partial charge < -0.3 is 0 Å². The third-order valence-electron chi connectivity index (χ3n) is 2.76. The van der Waals surface area contributed by atoms with Crippen LogP contribution in [0, 0.1) is 4.77 Å². The zero-order valence-electron chi connectivity index (χ0n) is 10.8. The van der Waals surface area contributed by atoms with Crippen molar-refractivity contribution in [3.8, 4) is 11.4 Å². The molecule has 5 nitrogen and oxygen atoms in total. The van der Waals surface area contributed by atoms with Crippen molar-refractivity contribution in [1.82, 2.24) is 19.9 Å². The van der Waals surface area contributed by atoms with Crippen LogP contribution in [0.5, 0.6) is 0 Å². The molecule has 0 amide bonds. The van der Waals surface area contributed by atoms with E-state index in [1.54, 1.807) is 35.4 Å². The molecule has 7 heteroatoms. The van der Waals surface area contributed by atoms with Gasteiger partial charge in [-0.05, 0) is 42.0 Å². The first-order valence-corrected chi connectivity index (χ1v) is 6.90. The van der Waals surface area contributed by atoms with Gasteiger partial charge in [0.15, 0.2) is 5.82 Å². The highest BCUT2D eigenvalue weighted by Gasteiger charge is 2.07. The molecule has 0 aliphatic heterocycles. The fourth-order valence-electron chi connectivity index (χ4n) is 1.75. The van der Waals surface area contributed by atoms with E-state index in [-0.39, 0.29) is 0 Å². The van der Waals surface area contributed by atoms with Gasteiger partial charge in [-0.3, -0.25) is 4.98 Å². The second kappa shape index (κ2) is 5.99. The maximum absolute atomic E-state index is 5.85. The van der Waals surface area contributed by atoms with Gasteiger partial charge in [-0.25, -0.2) is 5.10 Å². The minimum absolute atomic E-state index is 0.416. The number of hydrogen-bond acceptors (Lipinski definition) is 4. The van der Waals surface area contributed by atoms with Crippen LogP contribution < -0.4 is 0 Å². The molecular weight excluding hydrogens is 306 g/mol. The Kier molecular flexibility index (Phi) is 3.89. The Morgan fingerprint density at radius 3 is 2.76 bits per heavy atom. The predicted molar refractivity (Wildman–Crippen MR) is 85.1 cm³/mol. The lowest BCUT2D eigenvalue weighted by Crippen LogP contribution is -1.95. The SMILES string of the molecule is S=c1[nH]nc(-c2cccnc2)n1/N=C/c1ccc(Cl)cc1. The first-order chi connectivity index (χ1) is 10.2. The second-order valence-electron chi connectivity index (χ2n) is 4.20. The number of hydrogen-bond donors (Lipinski definition) is 1. The Labute approximate surface area is 130 Å². The van der Waals surface area contributed by atoms with E-state index < -0.39 is 0 Å². The van der Waals surface area contributed by atoms with E-state index in [0.717, 1.165) is 11.1 Å². The summed E-state index contributed by atoms with van der Waals surface area (Å²) in [5.74, 6) is 0.610. The Balaban J connectivity index is 1.98. The molecule has 1 aromatic carbocycles. The Morgan fingerprint density at radius 2 is 2.05 bits per heavy atom. The summed E-state index contributed by atoms with van der Waals surface area (Å²) in [5, 5.41) is 12.0. The summed E-state index contributed by atoms with van der Waals surface area (Å²) < 4.78 is 1.97. The quantitative estimate of drug-likeness (QED) is 0.594. The molecule has 1 N–H and O–H groups in total. The molecule has 2 heterocycles. The summed E-state index contributed by atoms with van der Waals surface area (Å²) in [4.78, 5) is 4.07. The zero-order valence-corrected chi connectivity index (χ0v) is 12.3. The number of pyridine rings is 1. The van der Waals surface area contributed by atoms with E-state index in [9.17, 15) is 0 Å². The fraction of sp³-hybridized carbons (Fsp3) is 0. The molecule has 0 aliphatic rings. The van der Waals surface area contributed by atoms with Crippen LogP contribution in [0.2, 0.25) is 5.02 Å². The monoisotopic (exact) mass is 315 g/mol. The molecule has 0 radical (unpaired) electrons. The molecule has 104 valence electrons. The zero-order chi connectivity index (χ0) is 14.7. The summed E-state index contributed by atoms with van der Waals surface area (Å²) in [5.41, 5.74) is 1.75. The molecule has 0 unspecified atom stereocenters. The first kappa shape index (κ1) is 13.7. The van der Waals surface area contributed by atoms with Crippen LogP contribution in [0.25, 0.3) is 11.4 Å². The van der Waals surface area contributed by atoms with Gasteiger partial charge >= 0.3 is 0 Å². The molecule has 0 spiro atoms. The van der Waals surface area contributed by atoms with Crippen molar-refractivity contribution in [2.24, 2.45) is 5.10 Å². The predicted octanol–water partition coefficient (Wildman–Crippen LogP) is 3.54. The molecule has 21 heavy (non-hydrogen) atoms. The number of nitrogens with one attached hydrogen (secondary N) is 1. The van der Waals surface area contributed by atoms with Crippen LogP contribution in [-0.2, 0) is 0 Å². The third-order valence-corrected chi connectivity index (χ3v) is 3.28. The largest absolute Gasteiger partial charge is 0.264 e. The van der Waals surface area contributed by atoms with Crippen LogP contribution in [0.4, 0.5) is 0 Å². The third kappa shape index (κ3) is 3.07. The number of rotatable bonds is 3. The topological polar surface area (TPSA) is 58.9 Å². The number of aromatic nitrogens is 4. The number of benzene rings is 1. The van der Waals surface area contributed by atoms with E-state index >= 15 is 0 Å². The highest BCUT2D eigenvalue weighted by Crippen LogP contribution is 2.15. The minimum Gasteiger partial charge on any atom is -0.264 e. The van der Waals surface area contributed by atoms with Gasteiger partial charge in [-0.1, -0.05) is 23.7 Å². The van der Waals surface area contributed by atoms with E-state index in [1.807, 2.05) is 24.3 Å². The van der Waals surface area contributed by atoms with Gasteiger partial charge in [0.1, 0.15) is 0 Å². The van der Waals surface area contributed by atoms with Crippen molar-refractivity contribution in [2.75, 3.05) is 0 Å². The van der Waals surface area contributed by atoms with Crippen molar-refractivity contribution in [3.05, 3.63) is 64.1 Å². The maximum Gasteiger partial charge on any atom is 0.216 e. The van der Waals surface area contributed by atoms with Gasteiger partial charge in [0.05, 0.1) is 6.21 Å². The van der Waals surface area contributed by atoms with Gasteiger partial charge in [0.2, 0.25) is 4.77 Å². The van der Waals surface area contributed by atoms with Crippen molar-refractivity contribution in [2.45, 2.75) is 0 Å². The highest BCUT2D eigenvalue weighted by molar-refractivity contribution is 7.71. The van der Waals surface area contributed by atoms with Crippen LogP contribution in [0.15, 0.2) is 53.9 Å². The molecular formula is C14H10ClN5S. The van der Waals surface area contributed by atoms with Gasteiger partial charge in [-0.15, -0.1) is 0 Å². The van der Waals surface area contributed by atoms with Crippen molar-refractivity contribution in [1.29, 1.82) is 0 Å². The summed E-state index contributed by atoms with van der Waals surface area (Å²) in [6.07, 6.45) is 5.10. The molecule has 0 aliphatic carbocycles. The average Bonchev–Trinajstić information content (AvgIpc) is 2.89. The Bertz CT molecular complexity index is 821. The second-order valence-corrected chi connectivity index (χ2v) is 5.03. The van der Waals surface area contributed by atoms with Crippen molar-refractivity contribution in [3.63, 3.8) is 0 Å². The summed E-state index contributed by atoms with van der Waals surface area (Å²) in [7, 11) is 0. The van der Waals surface area contributed by atoms with E-state index in [2.05, 4.69) is 20.3 Å². The molecule has 0 atom stereocenters. The molecule has 3 rings (SSSR count). The fourth-order valence-corrected chi connectivity index (χ4v) is 2.06. The number of nitrogens with zero attached hydrogens (tertiary/aromatic N) is 4. The van der Waals surface area contributed by atoms with Crippen LogP contribution in [0.3, 0.4) is 0 Å². The smallest absolute Gasteiger partial charge is 0.216 e. The molecule has 3 aromatic rings. The molecule has 2 aromatic heterocycles. The number of halogens is 1. The van der Waals surface area contributed by atoms with Crippen molar-refractivity contribution >= 4 is 30.0 Å². The lowest BCUT2D eigenvalue weighted by molar-refractivity contribution is 0.871. The van der Waals surface area contributed by atoms with Gasteiger partial charge in [0, 0.05) is 23.0 Å². The highest BCUT2D eigenvalue weighted by atomic mass is 35.5. The van der Waals surface area contributed by atoms with Gasteiger partial charge in [-0.2, -0.15) is 14.9 Å². The lowest BCUT2D eigenvalue weighted by atomic mass is 10.2. The summed E-state index contributed by atoms with van der Waals surface area (Å²) in [6, 6.07) is 11.1. The maximum atomic E-state index is 5.85. The van der Waals surface area contributed by atoms with Gasteiger partial charge in [0.25, 0.3) is 0 Å². The molecule has 0 fully saturated rings. The number of H-pyrrole nitrogens is 1. The minimum atomic E-state index is 0.416. The Hall–Kier alpha value is -2.31. The van der Waals surface area contributed by atoms with Crippen LogP contribution >= 0.6 is 23.8 Å². The van der Waals surface area contributed by atoms with E-state index in [0.29, 0.717) is 15.6 Å². The normalized spacial score (nSPS) is 11.1. The van der Waals surface area contributed by atoms with Crippen LogP contribution in [-0.4, -0.2) is 26.1 Å². The van der Waals surface area contributed by atoms with Crippen molar-refractivity contribution < 1.29 is 0 Å². The van der Waals surface area contributed by atoms with E-state index in [4.69, 9.17) is 23.8 Å². The Morgan fingerprint density at radius 1 is 1.24 bits per heavy atom. The van der Waals surface area contributed by atoms with E-state index in [1.165, 1.54) is 0 Å². The lowest BCUT2D eigenvalue weighted by Gasteiger charge is -2.00. The average molecular weight is 316 g/mol. The van der Waals surface area contributed by atoms with Crippen LogP contribution in [0.1, 0.15) is 5.56 Å². The molecule has 0 bridgehead atoms. The summed E-state index contributed by atoms with van der Waals surface area (Å²) in [6.45, 7) is 0. The molecule has 0 saturated heterocycles. The first-order valence-electron chi connectivity index (χ1n) is 6.12. The standard InChI is InChI=1S/C14H10ClN5S/c15-12-5-3-10(4-6-12)8-17-20-13(18-19-14(20)21)11-2-1-7-16-9-11/h1-9H,(H,19,21)/b17-8+. The molecule has 0 saturated carbocycles. The summed E-state index contributed by atoms with van der Waals surface area (Å²) >= 11 is 11.1. The number of aromatic amines is 1.